The molecule has 0 saturated heterocycles. The van der Waals surface area contributed by atoms with E-state index in [0.29, 0.717) is 0 Å². The van der Waals surface area contributed by atoms with E-state index in [2.05, 4.69) is 157 Å². The van der Waals surface area contributed by atoms with E-state index >= 15 is 0 Å². The fraction of sp³-hybridized carbons (Fsp3) is 0. The minimum atomic E-state index is 0.918. The molecule has 2 nitrogen and oxygen atoms in total. The lowest BCUT2D eigenvalue weighted by Gasteiger charge is -2.29. The summed E-state index contributed by atoms with van der Waals surface area (Å²) in [6.45, 7) is 0. The maximum Gasteiger partial charge on any atom is 0.143 e. The number of fused-ring (bicyclic) bond motifs is 11. The highest BCUT2D eigenvalue weighted by atomic mass is 16.3. The Bertz CT molecular complexity index is 2710. The van der Waals surface area contributed by atoms with Crippen LogP contribution in [0.4, 0.5) is 17.1 Å². The van der Waals surface area contributed by atoms with Gasteiger partial charge in [0.05, 0.1) is 11.4 Å². The first kappa shape index (κ1) is 25.2. The van der Waals surface area contributed by atoms with Gasteiger partial charge >= 0.3 is 0 Å². The molecule has 0 radical (unpaired) electrons. The Labute approximate surface area is 265 Å². The molecule has 1 aromatic heterocycles. The monoisotopic (exact) mass is 585 g/mol. The maximum absolute atomic E-state index is 6.43. The Morgan fingerprint density at radius 1 is 0.326 bits per heavy atom. The Hall–Kier alpha value is -6.12. The molecule has 0 fully saturated rings. The maximum atomic E-state index is 6.43. The van der Waals surface area contributed by atoms with Crippen LogP contribution in [-0.2, 0) is 0 Å². The van der Waals surface area contributed by atoms with Crippen molar-refractivity contribution >= 4 is 92.9 Å². The summed E-state index contributed by atoms with van der Waals surface area (Å²) >= 11 is 0. The van der Waals surface area contributed by atoms with Crippen molar-refractivity contribution in [2.75, 3.05) is 4.90 Å². The molecule has 46 heavy (non-hydrogen) atoms. The van der Waals surface area contributed by atoms with Gasteiger partial charge in [0.2, 0.25) is 0 Å². The third-order valence-corrected chi connectivity index (χ3v) is 9.58. The molecule has 0 aliphatic heterocycles. The van der Waals surface area contributed by atoms with Crippen LogP contribution in [0.2, 0.25) is 0 Å². The van der Waals surface area contributed by atoms with E-state index < -0.39 is 0 Å². The quantitative estimate of drug-likeness (QED) is 0.192. The van der Waals surface area contributed by atoms with Gasteiger partial charge in [0.25, 0.3) is 0 Å². The SMILES string of the molecule is c1ccc2c(c1)cc(N(c1ccc3c(ccc4c5ccccc5oc34)c1)c1cc3ccccc3c3ccccc13)c1ccccc12. The van der Waals surface area contributed by atoms with Gasteiger partial charge in [0.1, 0.15) is 11.2 Å². The molecule has 0 spiro atoms. The molecule has 9 aromatic carbocycles. The van der Waals surface area contributed by atoms with Crippen molar-refractivity contribution in [3.8, 4) is 0 Å². The highest BCUT2D eigenvalue weighted by molar-refractivity contribution is 6.20. The molecule has 10 rings (SSSR count). The van der Waals surface area contributed by atoms with E-state index in [9.17, 15) is 0 Å². The Morgan fingerprint density at radius 2 is 0.804 bits per heavy atom. The number of para-hydroxylation sites is 1. The average molecular weight is 586 g/mol. The zero-order chi connectivity index (χ0) is 30.2. The number of anilines is 3. The molecule has 1 heterocycles. The van der Waals surface area contributed by atoms with Crippen molar-refractivity contribution in [2.24, 2.45) is 0 Å². The van der Waals surface area contributed by atoms with Gasteiger partial charge in [-0.15, -0.1) is 0 Å². The molecule has 0 aliphatic carbocycles. The summed E-state index contributed by atoms with van der Waals surface area (Å²) in [7, 11) is 0. The fourth-order valence-electron chi connectivity index (χ4n) is 7.48. The van der Waals surface area contributed by atoms with Gasteiger partial charge < -0.3 is 9.32 Å². The number of rotatable bonds is 3. The van der Waals surface area contributed by atoms with Crippen LogP contribution in [0.25, 0.3) is 75.8 Å². The highest BCUT2D eigenvalue weighted by Crippen LogP contribution is 2.47. The van der Waals surface area contributed by atoms with E-state index in [1.165, 1.54) is 43.1 Å². The smallest absolute Gasteiger partial charge is 0.143 e. The Balaban J connectivity index is 1.32. The number of hydrogen-bond acceptors (Lipinski definition) is 2. The fourth-order valence-corrected chi connectivity index (χ4v) is 7.48. The molecule has 0 atom stereocenters. The van der Waals surface area contributed by atoms with Gasteiger partial charge in [-0.2, -0.15) is 0 Å². The van der Waals surface area contributed by atoms with Crippen molar-refractivity contribution in [3.63, 3.8) is 0 Å². The van der Waals surface area contributed by atoms with Crippen molar-refractivity contribution in [2.45, 2.75) is 0 Å². The van der Waals surface area contributed by atoms with Gasteiger partial charge in [0, 0.05) is 32.6 Å². The molecule has 0 amide bonds. The first-order chi connectivity index (χ1) is 22.8. The van der Waals surface area contributed by atoms with Crippen molar-refractivity contribution in [1.29, 1.82) is 0 Å². The van der Waals surface area contributed by atoms with Crippen LogP contribution < -0.4 is 4.90 Å². The molecule has 2 heteroatoms. The van der Waals surface area contributed by atoms with Crippen LogP contribution in [0, 0.1) is 0 Å². The van der Waals surface area contributed by atoms with E-state index in [4.69, 9.17) is 4.42 Å². The molecule has 0 N–H and O–H groups in total. The summed E-state index contributed by atoms with van der Waals surface area (Å²) in [6, 6.07) is 59.2. The van der Waals surface area contributed by atoms with Gasteiger partial charge in [-0.3, -0.25) is 0 Å². The topological polar surface area (TPSA) is 16.4 Å². The summed E-state index contributed by atoms with van der Waals surface area (Å²) in [4.78, 5) is 2.46. The standard InChI is InChI=1S/C44H27NO/c1-3-13-32-28(11-1)26-41(37-17-7-5-15-35(32)37)45(42-27-29-12-2-4-14-33(29)36-16-6-8-18-38(36)42)31-22-24-34-30(25-31)21-23-40-39-19-9-10-20-43(39)46-44(34)40/h1-27H. The second-order valence-corrected chi connectivity index (χ2v) is 12.1. The van der Waals surface area contributed by atoms with E-state index in [0.717, 1.165) is 49.8 Å². The lowest BCUT2D eigenvalue weighted by atomic mass is 9.96. The Morgan fingerprint density at radius 3 is 1.43 bits per heavy atom. The number of benzene rings is 9. The second kappa shape index (κ2) is 9.69. The third-order valence-electron chi connectivity index (χ3n) is 9.58. The zero-order valence-corrected chi connectivity index (χ0v) is 24.9. The summed E-state index contributed by atoms with van der Waals surface area (Å²) in [5.74, 6) is 0. The second-order valence-electron chi connectivity index (χ2n) is 12.1. The van der Waals surface area contributed by atoms with Gasteiger partial charge in [-0.1, -0.05) is 121 Å². The first-order valence-corrected chi connectivity index (χ1v) is 15.8. The summed E-state index contributed by atoms with van der Waals surface area (Å²) < 4.78 is 6.43. The number of furan rings is 1. The first-order valence-electron chi connectivity index (χ1n) is 15.8. The van der Waals surface area contributed by atoms with E-state index in [-0.39, 0.29) is 0 Å². The minimum absolute atomic E-state index is 0.918. The lowest BCUT2D eigenvalue weighted by Crippen LogP contribution is -2.11. The van der Waals surface area contributed by atoms with Crippen molar-refractivity contribution in [3.05, 3.63) is 164 Å². The van der Waals surface area contributed by atoms with Crippen LogP contribution in [0.15, 0.2) is 168 Å². The van der Waals surface area contributed by atoms with Crippen LogP contribution in [0.3, 0.4) is 0 Å². The third kappa shape index (κ3) is 3.65. The van der Waals surface area contributed by atoms with Crippen LogP contribution in [-0.4, -0.2) is 0 Å². The summed E-state index contributed by atoms with van der Waals surface area (Å²) in [5, 5.41) is 14.4. The predicted octanol–water partition coefficient (Wildman–Crippen LogP) is 12.8. The number of nitrogens with zero attached hydrogens (tertiary/aromatic N) is 1. The van der Waals surface area contributed by atoms with Gasteiger partial charge in [-0.05, 0) is 80.2 Å². The number of hydrogen-bond donors (Lipinski definition) is 0. The van der Waals surface area contributed by atoms with Gasteiger partial charge in [0.15, 0.2) is 0 Å². The molecule has 214 valence electrons. The molecular formula is C44H27NO. The summed E-state index contributed by atoms with van der Waals surface area (Å²) in [5.41, 5.74) is 5.26. The van der Waals surface area contributed by atoms with Crippen LogP contribution in [0.5, 0.6) is 0 Å². The van der Waals surface area contributed by atoms with E-state index in [1.54, 1.807) is 0 Å². The van der Waals surface area contributed by atoms with Gasteiger partial charge in [-0.25, -0.2) is 0 Å². The lowest BCUT2D eigenvalue weighted by molar-refractivity contribution is 0.672. The average Bonchev–Trinajstić information content (AvgIpc) is 3.51. The van der Waals surface area contributed by atoms with Crippen LogP contribution in [0.1, 0.15) is 0 Å². The molecule has 0 aliphatic rings. The molecule has 10 aromatic rings. The zero-order valence-electron chi connectivity index (χ0n) is 24.9. The molecule has 0 unspecified atom stereocenters. The van der Waals surface area contributed by atoms with Crippen molar-refractivity contribution < 1.29 is 4.42 Å². The highest BCUT2D eigenvalue weighted by Gasteiger charge is 2.21. The predicted molar refractivity (Wildman–Crippen MR) is 196 cm³/mol. The Kier molecular flexibility index (Phi) is 5.31. The molecule has 0 bridgehead atoms. The van der Waals surface area contributed by atoms with Crippen LogP contribution >= 0.6 is 0 Å². The van der Waals surface area contributed by atoms with Crippen molar-refractivity contribution in [1.82, 2.24) is 0 Å². The molecule has 0 saturated carbocycles. The summed E-state index contributed by atoms with van der Waals surface area (Å²) in [6.07, 6.45) is 0. The molecular weight excluding hydrogens is 558 g/mol. The normalized spacial score (nSPS) is 11.9. The minimum Gasteiger partial charge on any atom is -0.455 e. The largest absolute Gasteiger partial charge is 0.455 e. The van der Waals surface area contributed by atoms with E-state index in [1.807, 2.05) is 12.1 Å².